The van der Waals surface area contributed by atoms with E-state index in [4.69, 9.17) is 0 Å². The van der Waals surface area contributed by atoms with Crippen LogP contribution >= 0.6 is 0 Å². The molecule has 2 aliphatic rings. The van der Waals surface area contributed by atoms with Crippen LogP contribution < -0.4 is 5.32 Å². The highest BCUT2D eigenvalue weighted by Crippen LogP contribution is 2.06. The molecule has 0 aliphatic carbocycles. The summed E-state index contributed by atoms with van der Waals surface area (Å²) in [4.78, 5) is 29.7. The first-order valence-corrected chi connectivity index (χ1v) is 7.11. The Morgan fingerprint density at radius 1 is 0.842 bits per heavy atom. The van der Waals surface area contributed by atoms with Crippen molar-refractivity contribution in [1.29, 1.82) is 0 Å². The quantitative estimate of drug-likeness (QED) is 0.708. The molecule has 0 aromatic carbocycles. The molecular formula is C13H24N4O2. The summed E-state index contributed by atoms with van der Waals surface area (Å²) in [6, 6.07) is 0. The number of hydrogen-bond acceptors (Lipinski definition) is 4. The fourth-order valence-corrected chi connectivity index (χ4v) is 2.52. The number of likely N-dealkylation sites (N-methyl/N-ethyl adjacent to an activating group) is 1. The molecule has 108 valence electrons. The first kappa shape index (κ1) is 14.3. The van der Waals surface area contributed by atoms with Crippen molar-refractivity contribution in [2.75, 3.05) is 59.4 Å². The Morgan fingerprint density at radius 2 is 1.32 bits per heavy atom. The van der Waals surface area contributed by atoms with E-state index >= 15 is 0 Å². The molecule has 2 aliphatic heterocycles. The van der Waals surface area contributed by atoms with Crippen LogP contribution in [0.4, 0.5) is 0 Å². The molecule has 2 fully saturated rings. The van der Waals surface area contributed by atoms with Gasteiger partial charge in [0.05, 0.1) is 13.1 Å². The molecule has 0 spiro atoms. The Balaban J connectivity index is 1.62. The number of piperazine rings is 1. The minimum Gasteiger partial charge on any atom is -0.342 e. The summed E-state index contributed by atoms with van der Waals surface area (Å²) in [6.07, 6.45) is 2.21. The SMILES string of the molecule is CN1CCN(C(=O)CNCC(=O)N2CCCC2)CC1. The summed E-state index contributed by atoms with van der Waals surface area (Å²) < 4.78 is 0. The summed E-state index contributed by atoms with van der Waals surface area (Å²) in [6.45, 7) is 5.72. The van der Waals surface area contributed by atoms with Crippen LogP contribution in [0.2, 0.25) is 0 Å². The number of rotatable bonds is 4. The van der Waals surface area contributed by atoms with Crippen LogP contribution in [0.1, 0.15) is 12.8 Å². The number of likely N-dealkylation sites (tertiary alicyclic amines) is 1. The van der Waals surface area contributed by atoms with Crippen LogP contribution in [0.25, 0.3) is 0 Å². The van der Waals surface area contributed by atoms with E-state index in [9.17, 15) is 9.59 Å². The summed E-state index contributed by atoms with van der Waals surface area (Å²) in [5.41, 5.74) is 0. The second kappa shape index (κ2) is 6.86. The lowest BCUT2D eigenvalue weighted by Crippen LogP contribution is -2.50. The zero-order valence-electron chi connectivity index (χ0n) is 11.7. The van der Waals surface area contributed by atoms with Gasteiger partial charge in [0.25, 0.3) is 0 Å². The van der Waals surface area contributed by atoms with E-state index in [0.717, 1.165) is 52.1 Å². The summed E-state index contributed by atoms with van der Waals surface area (Å²) in [5.74, 6) is 0.214. The number of hydrogen-bond donors (Lipinski definition) is 1. The normalized spacial score (nSPS) is 20.9. The van der Waals surface area contributed by atoms with Crippen molar-refractivity contribution in [1.82, 2.24) is 20.0 Å². The predicted octanol–water partition coefficient (Wildman–Crippen LogP) is -1.03. The highest BCUT2D eigenvalue weighted by atomic mass is 16.2. The Labute approximate surface area is 114 Å². The van der Waals surface area contributed by atoms with Crippen molar-refractivity contribution in [3.63, 3.8) is 0 Å². The molecule has 2 rings (SSSR count). The second-order valence-corrected chi connectivity index (χ2v) is 5.38. The molecule has 2 heterocycles. The summed E-state index contributed by atoms with van der Waals surface area (Å²) in [5, 5.41) is 2.97. The molecule has 1 N–H and O–H groups in total. The molecule has 0 aromatic heterocycles. The predicted molar refractivity (Wildman–Crippen MR) is 72.8 cm³/mol. The average molecular weight is 268 g/mol. The van der Waals surface area contributed by atoms with E-state index < -0.39 is 0 Å². The minimum atomic E-state index is 0.0994. The fourth-order valence-electron chi connectivity index (χ4n) is 2.52. The van der Waals surface area contributed by atoms with Crippen molar-refractivity contribution < 1.29 is 9.59 Å². The number of nitrogens with one attached hydrogen (secondary N) is 1. The van der Waals surface area contributed by atoms with Crippen LogP contribution in [0.5, 0.6) is 0 Å². The molecule has 0 atom stereocenters. The van der Waals surface area contributed by atoms with Gasteiger partial charge in [0.15, 0.2) is 0 Å². The maximum absolute atomic E-state index is 11.9. The third-order valence-corrected chi connectivity index (χ3v) is 3.87. The van der Waals surface area contributed by atoms with Gasteiger partial charge in [-0.2, -0.15) is 0 Å². The molecule has 0 unspecified atom stereocenters. The molecule has 19 heavy (non-hydrogen) atoms. The summed E-state index contributed by atoms with van der Waals surface area (Å²) >= 11 is 0. The Bertz CT molecular complexity index is 321. The molecule has 0 bridgehead atoms. The Hall–Kier alpha value is -1.14. The molecule has 6 nitrogen and oxygen atoms in total. The van der Waals surface area contributed by atoms with Gasteiger partial charge in [-0.05, 0) is 19.9 Å². The molecule has 0 saturated carbocycles. The lowest BCUT2D eigenvalue weighted by Gasteiger charge is -2.32. The minimum absolute atomic E-state index is 0.0994. The van der Waals surface area contributed by atoms with Gasteiger partial charge < -0.3 is 14.7 Å². The first-order chi connectivity index (χ1) is 9.16. The fraction of sp³-hybridized carbons (Fsp3) is 0.846. The van der Waals surface area contributed by atoms with E-state index in [0.29, 0.717) is 0 Å². The third kappa shape index (κ3) is 4.18. The van der Waals surface area contributed by atoms with Crippen LogP contribution in [-0.2, 0) is 9.59 Å². The van der Waals surface area contributed by atoms with Crippen molar-refractivity contribution in [2.45, 2.75) is 12.8 Å². The van der Waals surface area contributed by atoms with E-state index in [2.05, 4.69) is 17.3 Å². The van der Waals surface area contributed by atoms with Gasteiger partial charge in [-0.3, -0.25) is 14.9 Å². The standard InChI is InChI=1S/C13H24N4O2/c1-15-6-8-17(9-7-15)13(19)11-14-10-12(18)16-4-2-3-5-16/h14H,2-11H2,1H3. The van der Waals surface area contributed by atoms with Gasteiger partial charge in [-0.1, -0.05) is 0 Å². The van der Waals surface area contributed by atoms with Crippen LogP contribution in [0, 0.1) is 0 Å². The van der Waals surface area contributed by atoms with E-state index in [1.807, 2.05) is 9.80 Å². The molecule has 0 radical (unpaired) electrons. The zero-order chi connectivity index (χ0) is 13.7. The molecule has 6 heteroatoms. The van der Waals surface area contributed by atoms with E-state index in [1.54, 1.807) is 0 Å². The van der Waals surface area contributed by atoms with Gasteiger partial charge in [0.1, 0.15) is 0 Å². The first-order valence-electron chi connectivity index (χ1n) is 7.11. The van der Waals surface area contributed by atoms with Crippen LogP contribution in [0.3, 0.4) is 0 Å². The van der Waals surface area contributed by atoms with E-state index in [-0.39, 0.29) is 24.9 Å². The smallest absolute Gasteiger partial charge is 0.236 e. The van der Waals surface area contributed by atoms with Gasteiger partial charge >= 0.3 is 0 Å². The number of carbonyl (C=O) groups is 2. The summed E-state index contributed by atoms with van der Waals surface area (Å²) in [7, 11) is 2.06. The maximum Gasteiger partial charge on any atom is 0.236 e. The van der Waals surface area contributed by atoms with Gasteiger partial charge in [0, 0.05) is 39.3 Å². The number of nitrogens with zero attached hydrogens (tertiary/aromatic N) is 3. The van der Waals surface area contributed by atoms with Gasteiger partial charge in [-0.15, -0.1) is 0 Å². The number of carbonyl (C=O) groups excluding carboxylic acids is 2. The highest BCUT2D eigenvalue weighted by Gasteiger charge is 2.20. The molecule has 2 saturated heterocycles. The maximum atomic E-state index is 11.9. The molecular weight excluding hydrogens is 244 g/mol. The largest absolute Gasteiger partial charge is 0.342 e. The molecule has 0 aromatic rings. The topological polar surface area (TPSA) is 55.9 Å². The lowest BCUT2D eigenvalue weighted by atomic mass is 10.3. The Morgan fingerprint density at radius 3 is 1.84 bits per heavy atom. The van der Waals surface area contributed by atoms with Gasteiger partial charge in [-0.25, -0.2) is 0 Å². The van der Waals surface area contributed by atoms with Crippen LogP contribution in [0.15, 0.2) is 0 Å². The monoisotopic (exact) mass is 268 g/mol. The van der Waals surface area contributed by atoms with Gasteiger partial charge in [0.2, 0.25) is 11.8 Å². The highest BCUT2D eigenvalue weighted by molar-refractivity contribution is 5.81. The number of amides is 2. The zero-order valence-corrected chi connectivity index (χ0v) is 11.7. The van der Waals surface area contributed by atoms with Crippen LogP contribution in [-0.4, -0.2) is 85.9 Å². The second-order valence-electron chi connectivity index (χ2n) is 5.38. The molecule has 2 amide bonds. The van der Waals surface area contributed by atoms with Crippen molar-refractivity contribution >= 4 is 11.8 Å². The lowest BCUT2D eigenvalue weighted by molar-refractivity contribution is -0.132. The van der Waals surface area contributed by atoms with Crippen molar-refractivity contribution in [3.05, 3.63) is 0 Å². The van der Waals surface area contributed by atoms with E-state index in [1.165, 1.54) is 0 Å². The van der Waals surface area contributed by atoms with Crippen molar-refractivity contribution in [2.24, 2.45) is 0 Å². The average Bonchev–Trinajstić information content (AvgIpc) is 2.93. The van der Waals surface area contributed by atoms with Crippen molar-refractivity contribution in [3.8, 4) is 0 Å². The third-order valence-electron chi connectivity index (χ3n) is 3.87. The Kier molecular flexibility index (Phi) is 5.15.